The van der Waals surface area contributed by atoms with E-state index < -0.39 is 35.4 Å². The minimum absolute atomic E-state index is 0.0169. The van der Waals surface area contributed by atoms with E-state index in [1.807, 2.05) is 80.8 Å². The number of oxazole rings is 1. The molecule has 18 nitrogen and oxygen atoms in total. The number of nitrogens with one attached hydrogen (secondary N) is 2. The number of hydrogen-bond donors (Lipinski definition) is 3. The number of aryl methyl sites for hydroxylation is 1. The van der Waals surface area contributed by atoms with Crippen LogP contribution in [0.1, 0.15) is 38.4 Å². The lowest BCUT2D eigenvalue weighted by atomic mass is 9.85. The molecule has 3 aromatic heterocycles. The number of nitrogens with zero attached hydrogens (tertiary/aromatic N) is 7. The van der Waals surface area contributed by atoms with Gasteiger partial charge in [-0.2, -0.15) is 4.98 Å². The Labute approximate surface area is 373 Å². The van der Waals surface area contributed by atoms with E-state index in [1.54, 1.807) is 0 Å². The van der Waals surface area contributed by atoms with E-state index in [2.05, 4.69) is 42.5 Å². The fraction of sp³-hybridized carbons (Fsp3) is 0.522. The van der Waals surface area contributed by atoms with Crippen LogP contribution < -0.4 is 15.5 Å². The average molecular weight is 884 g/mol. The number of likely N-dealkylation sites (tertiary alicyclic amines) is 1. The molecule has 2 aromatic carbocycles. The van der Waals surface area contributed by atoms with Gasteiger partial charge in [0.15, 0.2) is 12.2 Å². The number of hydrogen-bond acceptors (Lipinski definition) is 14. The zero-order valence-electron chi connectivity index (χ0n) is 37.2. The van der Waals surface area contributed by atoms with E-state index in [9.17, 15) is 19.5 Å². The Kier molecular flexibility index (Phi) is 15.9. The van der Waals surface area contributed by atoms with Gasteiger partial charge in [0, 0.05) is 64.0 Å². The standard InChI is InChI=1S/C46H61N9O9/c1-32-41(64-31-48-32)34-11-9-33(10-12-34)28-47-43(58)38-27-35(56)29-55(38)44(59)42(46(2,3)4)51-40(57)30-63-26-25-62-24-23-61-22-21-60-20-19-52-15-17-53(18-16-52)39-13-14-54-37-8-6-5-7-36(37)49-45(54)50-39/h5-14,31,35,38,42,56H,15-30H2,1-4H3,(H,47,58)(H,51,57)/t35-,38+,42-/m1/s1. The average Bonchev–Trinajstić information content (AvgIpc) is 4.02. The molecule has 5 heterocycles. The number of aliphatic hydroxyl groups is 1. The molecule has 0 unspecified atom stereocenters. The van der Waals surface area contributed by atoms with Gasteiger partial charge >= 0.3 is 0 Å². The summed E-state index contributed by atoms with van der Waals surface area (Å²) in [5.41, 5.74) is 3.82. The molecule has 0 spiro atoms. The molecule has 3 N–H and O–H groups in total. The number of amides is 3. The smallest absolute Gasteiger partial charge is 0.246 e. The van der Waals surface area contributed by atoms with Crippen LogP contribution in [0.25, 0.3) is 28.1 Å². The van der Waals surface area contributed by atoms with Crippen molar-refractivity contribution < 1.29 is 42.9 Å². The summed E-state index contributed by atoms with van der Waals surface area (Å²) in [5.74, 6) is 1.05. The third kappa shape index (κ3) is 12.2. The molecule has 2 saturated heterocycles. The summed E-state index contributed by atoms with van der Waals surface area (Å²) < 4.78 is 30.0. The van der Waals surface area contributed by atoms with Gasteiger partial charge < -0.3 is 48.9 Å². The Balaban J connectivity index is 0.716. The Hall–Kier alpha value is -5.50. The molecule has 0 bridgehead atoms. The normalized spacial score (nSPS) is 17.6. The van der Waals surface area contributed by atoms with Crippen LogP contribution in [-0.4, -0.2) is 162 Å². The second-order valence-corrected chi connectivity index (χ2v) is 17.2. The van der Waals surface area contributed by atoms with Gasteiger partial charge in [-0.25, -0.2) is 9.97 Å². The first-order chi connectivity index (χ1) is 30.9. The molecule has 64 heavy (non-hydrogen) atoms. The summed E-state index contributed by atoms with van der Waals surface area (Å²) in [6, 6.07) is 15.8. The Bertz CT molecular complexity index is 2300. The van der Waals surface area contributed by atoms with Crippen LogP contribution in [0.2, 0.25) is 0 Å². The van der Waals surface area contributed by atoms with Gasteiger partial charge in [0.1, 0.15) is 24.5 Å². The summed E-state index contributed by atoms with van der Waals surface area (Å²) in [6.07, 6.45) is 2.67. The molecule has 0 saturated carbocycles. The van der Waals surface area contributed by atoms with E-state index in [-0.39, 0.29) is 45.2 Å². The fourth-order valence-corrected chi connectivity index (χ4v) is 7.92. The molecule has 3 atom stereocenters. The highest BCUT2D eigenvalue weighted by atomic mass is 16.6. The number of β-amino-alcohol motifs (C(OH)–C–C–N with tert-alkyl or cyclic N) is 1. The van der Waals surface area contributed by atoms with Crippen LogP contribution in [0.15, 0.2) is 71.6 Å². The lowest BCUT2D eigenvalue weighted by Gasteiger charge is -2.35. The fourth-order valence-electron chi connectivity index (χ4n) is 7.92. The van der Waals surface area contributed by atoms with Crippen molar-refractivity contribution in [1.29, 1.82) is 0 Å². The zero-order chi connectivity index (χ0) is 45.1. The van der Waals surface area contributed by atoms with Crippen molar-refractivity contribution in [2.75, 3.05) is 97.0 Å². The predicted molar refractivity (Wildman–Crippen MR) is 238 cm³/mol. The molecule has 7 rings (SSSR count). The molecule has 0 radical (unpaired) electrons. The van der Waals surface area contributed by atoms with E-state index >= 15 is 0 Å². The van der Waals surface area contributed by atoms with Gasteiger partial charge in [0.2, 0.25) is 23.5 Å². The number of benzene rings is 2. The van der Waals surface area contributed by atoms with Crippen LogP contribution >= 0.6 is 0 Å². The number of para-hydroxylation sites is 2. The van der Waals surface area contributed by atoms with Crippen LogP contribution in [0.5, 0.6) is 0 Å². The highest BCUT2D eigenvalue weighted by Crippen LogP contribution is 2.27. The van der Waals surface area contributed by atoms with Crippen molar-refractivity contribution in [3.05, 3.63) is 78.4 Å². The molecule has 18 heteroatoms. The minimum Gasteiger partial charge on any atom is -0.443 e. The Morgan fingerprint density at radius 3 is 2.25 bits per heavy atom. The number of ether oxygens (including phenoxy) is 4. The molecule has 2 aliphatic heterocycles. The molecule has 0 aliphatic carbocycles. The van der Waals surface area contributed by atoms with E-state index in [0.29, 0.717) is 44.6 Å². The number of aliphatic hydroxyl groups excluding tert-OH is 1. The van der Waals surface area contributed by atoms with Gasteiger partial charge in [-0.05, 0) is 36.1 Å². The van der Waals surface area contributed by atoms with Crippen LogP contribution in [0, 0.1) is 12.3 Å². The lowest BCUT2D eigenvalue weighted by molar-refractivity contribution is -0.144. The largest absolute Gasteiger partial charge is 0.443 e. The summed E-state index contributed by atoms with van der Waals surface area (Å²) in [4.78, 5) is 59.9. The number of anilines is 1. The van der Waals surface area contributed by atoms with Crippen LogP contribution in [-0.2, 0) is 39.9 Å². The number of imidazole rings is 1. The molecule has 5 aromatic rings. The quantitative estimate of drug-likeness (QED) is 0.0910. The highest BCUT2D eigenvalue weighted by molar-refractivity contribution is 5.93. The lowest BCUT2D eigenvalue weighted by Crippen LogP contribution is -2.58. The van der Waals surface area contributed by atoms with E-state index in [1.165, 1.54) is 11.3 Å². The van der Waals surface area contributed by atoms with Crippen molar-refractivity contribution in [2.45, 2.75) is 58.8 Å². The number of rotatable bonds is 21. The Morgan fingerprint density at radius 2 is 1.56 bits per heavy atom. The third-order valence-electron chi connectivity index (χ3n) is 11.5. The van der Waals surface area contributed by atoms with Crippen molar-refractivity contribution in [1.82, 2.24) is 39.8 Å². The van der Waals surface area contributed by atoms with Crippen molar-refractivity contribution >= 4 is 40.4 Å². The van der Waals surface area contributed by atoms with Crippen molar-refractivity contribution in [2.24, 2.45) is 5.41 Å². The predicted octanol–water partition coefficient (Wildman–Crippen LogP) is 2.84. The monoisotopic (exact) mass is 883 g/mol. The van der Waals surface area contributed by atoms with Gasteiger partial charge in [-0.3, -0.25) is 23.7 Å². The number of aromatic nitrogens is 4. The zero-order valence-corrected chi connectivity index (χ0v) is 37.2. The molecule has 2 aliphatic rings. The summed E-state index contributed by atoms with van der Waals surface area (Å²) in [6.45, 7) is 14.6. The first-order valence-corrected chi connectivity index (χ1v) is 22.0. The highest BCUT2D eigenvalue weighted by Gasteiger charge is 2.44. The first kappa shape index (κ1) is 46.5. The maximum absolute atomic E-state index is 13.9. The van der Waals surface area contributed by atoms with Crippen LogP contribution in [0.3, 0.4) is 0 Å². The van der Waals surface area contributed by atoms with Gasteiger partial charge in [-0.15, -0.1) is 0 Å². The number of carbonyl (C=O) groups excluding carboxylic acids is 3. The molecular weight excluding hydrogens is 823 g/mol. The topological polar surface area (TPSA) is 198 Å². The molecule has 2 fully saturated rings. The van der Waals surface area contributed by atoms with E-state index in [0.717, 1.165) is 66.4 Å². The van der Waals surface area contributed by atoms with Gasteiger partial charge in [-0.1, -0.05) is 57.2 Å². The second kappa shape index (κ2) is 21.9. The molecule has 3 amide bonds. The van der Waals surface area contributed by atoms with Gasteiger partial charge in [0.25, 0.3) is 0 Å². The molecule has 344 valence electrons. The maximum Gasteiger partial charge on any atom is 0.246 e. The summed E-state index contributed by atoms with van der Waals surface area (Å²) in [7, 11) is 0. The van der Waals surface area contributed by atoms with Crippen molar-refractivity contribution in [3.63, 3.8) is 0 Å². The SMILES string of the molecule is Cc1ncoc1-c1ccc(CNC(=O)[C@@H]2C[C@@H](O)CN2C(=O)[C@@H](NC(=O)COCCOCCOCCOCCN2CCN(c3ccn4c(n3)nc3ccccc34)CC2)C(C)(C)C)cc1. The van der Waals surface area contributed by atoms with Gasteiger partial charge in [0.05, 0.1) is 69.1 Å². The third-order valence-corrected chi connectivity index (χ3v) is 11.5. The van der Waals surface area contributed by atoms with E-state index in [4.69, 9.17) is 28.3 Å². The summed E-state index contributed by atoms with van der Waals surface area (Å²) >= 11 is 0. The molecular formula is C46H61N9O9. The minimum atomic E-state index is -0.959. The maximum atomic E-state index is 13.9. The number of carbonyl (C=O) groups is 3. The first-order valence-electron chi connectivity index (χ1n) is 22.0. The second-order valence-electron chi connectivity index (χ2n) is 17.2. The Morgan fingerprint density at radius 1 is 0.875 bits per heavy atom. The summed E-state index contributed by atoms with van der Waals surface area (Å²) in [5, 5.41) is 16.2. The number of piperazine rings is 1. The number of fused-ring (bicyclic) bond motifs is 3. The van der Waals surface area contributed by atoms with Crippen LogP contribution in [0.4, 0.5) is 5.82 Å². The van der Waals surface area contributed by atoms with Crippen molar-refractivity contribution in [3.8, 4) is 11.3 Å².